The maximum Gasteiger partial charge on any atom is 0.264 e. The van der Waals surface area contributed by atoms with Crippen LogP contribution in [0.3, 0.4) is 0 Å². The Bertz CT molecular complexity index is 1690. The van der Waals surface area contributed by atoms with Crippen LogP contribution in [0.25, 0.3) is 10.2 Å². The highest BCUT2D eigenvalue weighted by Crippen LogP contribution is 2.32. The molecular weight excluding hydrogens is 528 g/mol. The second-order valence-electron chi connectivity index (χ2n) is 8.93. The van der Waals surface area contributed by atoms with Crippen molar-refractivity contribution in [2.24, 2.45) is 0 Å². The number of hydrogen-bond acceptors (Lipinski definition) is 6. The average molecular weight is 557 g/mol. The van der Waals surface area contributed by atoms with Crippen LogP contribution in [0.15, 0.2) is 102 Å². The smallest absolute Gasteiger partial charge is 0.264 e. The fourth-order valence-corrected chi connectivity index (χ4v) is 6.83. The Hall–Kier alpha value is -4.08. The molecule has 0 saturated carbocycles. The van der Waals surface area contributed by atoms with E-state index in [1.54, 1.807) is 60.6 Å². The Morgan fingerprint density at radius 1 is 0.897 bits per heavy atom. The van der Waals surface area contributed by atoms with Gasteiger partial charge in [-0.15, -0.1) is 0 Å². The number of anilines is 2. The van der Waals surface area contributed by atoms with Crippen LogP contribution in [0, 0.1) is 0 Å². The Balaban J connectivity index is 1.48. The van der Waals surface area contributed by atoms with Gasteiger partial charge in [0.2, 0.25) is 0 Å². The standard InChI is InChI=1S/C30H28N4O3S2/c1-3-22-12-17-27-28(19-22)38-30(32-27)33(21-23-9-8-18-31-20-23)29(35)24-13-15-26(16-14-24)39(36,37)34(4-2)25-10-6-5-7-11-25/h5-20H,3-4,21H2,1-2H3. The number of thiazole rings is 1. The maximum absolute atomic E-state index is 13.8. The molecule has 0 fully saturated rings. The third-order valence-corrected chi connectivity index (χ3v) is 9.37. The Kier molecular flexibility index (Phi) is 7.72. The van der Waals surface area contributed by atoms with Crippen molar-refractivity contribution in [3.8, 4) is 0 Å². The van der Waals surface area contributed by atoms with Gasteiger partial charge in [0, 0.05) is 24.5 Å². The van der Waals surface area contributed by atoms with E-state index in [-0.39, 0.29) is 23.9 Å². The fourth-order valence-electron chi connectivity index (χ4n) is 4.33. The molecule has 5 rings (SSSR count). The van der Waals surface area contributed by atoms with Gasteiger partial charge in [0.25, 0.3) is 15.9 Å². The average Bonchev–Trinajstić information content (AvgIpc) is 3.40. The summed E-state index contributed by atoms with van der Waals surface area (Å²) in [7, 11) is -3.80. The largest absolute Gasteiger partial charge is 0.279 e. The summed E-state index contributed by atoms with van der Waals surface area (Å²) < 4.78 is 29.2. The molecule has 39 heavy (non-hydrogen) atoms. The zero-order chi connectivity index (χ0) is 27.4. The molecule has 0 N–H and O–H groups in total. The zero-order valence-electron chi connectivity index (χ0n) is 21.7. The summed E-state index contributed by atoms with van der Waals surface area (Å²) >= 11 is 1.46. The van der Waals surface area contributed by atoms with Gasteiger partial charge in [0.15, 0.2) is 5.13 Å². The first-order chi connectivity index (χ1) is 18.9. The molecule has 0 bridgehead atoms. The quantitative estimate of drug-likeness (QED) is 0.212. The van der Waals surface area contributed by atoms with Crippen LogP contribution in [0.5, 0.6) is 0 Å². The first-order valence-corrected chi connectivity index (χ1v) is 14.9. The molecular formula is C30H28N4O3S2. The summed E-state index contributed by atoms with van der Waals surface area (Å²) in [6.45, 7) is 4.46. The van der Waals surface area contributed by atoms with Crippen molar-refractivity contribution in [2.45, 2.75) is 31.7 Å². The second kappa shape index (κ2) is 11.3. The lowest BCUT2D eigenvalue weighted by Crippen LogP contribution is -2.31. The highest BCUT2D eigenvalue weighted by atomic mass is 32.2. The van der Waals surface area contributed by atoms with Crippen LogP contribution < -0.4 is 9.21 Å². The molecule has 198 valence electrons. The summed E-state index contributed by atoms with van der Waals surface area (Å²) in [6, 6.07) is 24.9. The predicted molar refractivity (Wildman–Crippen MR) is 157 cm³/mol. The number of amides is 1. The lowest BCUT2D eigenvalue weighted by molar-refractivity contribution is 0.0985. The fraction of sp³-hybridized carbons (Fsp3) is 0.167. The van der Waals surface area contributed by atoms with Crippen LogP contribution in [0.1, 0.15) is 35.3 Å². The molecule has 2 aromatic heterocycles. The number of para-hydroxylation sites is 1. The summed E-state index contributed by atoms with van der Waals surface area (Å²) in [5.74, 6) is -0.270. The van der Waals surface area contributed by atoms with E-state index >= 15 is 0 Å². The molecule has 0 aliphatic rings. The second-order valence-corrected chi connectivity index (χ2v) is 11.8. The number of benzene rings is 3. The molecule has 0 spiro atoms. The SMILES string of the molecule is CCc1ccc2nc(N(Cc3cccnc3)C(=O)c3ccc(S(=O)(=O)N(CC)c4ccccc4)cc3)sc2c1. The molecule has 0 aliphatic heterocycles. The normalized spacial score (nSPS) is 11.4. The van der Waals surface area contributed by atoms with Gasteiger partial charge in [-0.3, -0.25) is 19.0 Å². The number of fused-ring (bicyclic) bond motifs is 1. The van der Waals surface area contributed by atoms with Crippen molar-refractivity contribution in [1.82, 2.24) is 9.97 Å². The molecule has 0 atom stereocenters. The molecule has 3 aromatic carbocycles. The van der Waals surface area contributed by atoms with Crippen LogP contribution >= 0.6 is 11.3 Å². The van der Waals surface area contributed by atoms with Crippen molar-refractivity contribution in [3.05, 3.63) is 114 Å². The van der Waals surface area contributed by atoms with Crippen LogP contribution in [-0.2, 0) is 23.0 Å². The number of aromatic nitrogens is 2. The van der Waals surface area contributed by atoms with Crippen LogP contribution in [0.2, 0.25) is 0 Å². The van der Waals surface area contributed by atoms with Gasteiger partial charge < -0.3 is 0 Å². The maximum atomic E-state index is 13.8. The van der Waals surface area contributed by atoms with Crippen molar-refractivity contribution in [1.29, 1.82) is 0 Å². The number of hydrogen-bond donors (Lipinski definition) is 0. The molecule has 5 aromatic rings. The van der Waals surface area contributed by atoms with Gasteiger partial charge in [-0.1, -0.05) is 48.6 Å². The number of pyridine rings is 1. The van der Waals surface area contributed by atoms with E-state index in [1.165, 1.54) is 33.3 Å². The molecule has 7 nitrogen and oxygen atoms in total. The summed E-state index contributed by atoms with van der Waals surface area (Å²) in [6.07, 6.45) is 4.33. The van der Waals surface area contributed by atoms with Gasteiger partial charge in [0.1, 0.15) is 0 Å². The highest BCUT2D eigenvalue weighted by molar-refractivity contribution is 7.92. The Morgan fingerprint density at radius 2 is 1.67 bits per heavy atom. The minimum atomic E-state index is -3.80. The summed E-state index contributed by atoms with van der Waals surface area (Å²) in [4.78, 5) is 24.5. The van der Waals surface area contributed by atoms with Crippen molar-refractivity contribution in [3.63, 3.8) is 0 Å². The van der Waals surface area contributed by atoms with Crippen LogP contribution in [0.4, 0.5) is 10.8 Å². The predicted octanol–water partition coefficient (Wildman–Crippen LogP) is 6.32. The van der Waals surface area contributed by atoms with E-state index < -0.39 is 10.0 Å². The molecule has 9 heteroatoms. The number of carbonyl (C=O) groups excluding carboxylic acids is 1. The zero-order valence-corrected chi connectivity index (χ0v) is 23.3. The minimum Gasteiger partial charge on any atom is -0.279 e. The molecule has 2 heterocycles. The van der Waals surface area contributed by atoms with E-state index in [0.29, 0.717) is 16.4 Å². The molecule has 0 saturated heterocycles. The first kappa shape index (κ1) is 26.5. The number of nitrogens with zero attached hydrogens (tertiary/aromatic N) is 4. The topological polar surface area (TPSA) is 83.5 Å². The number of carbonyl (C=O) groups is 1. The number of aryl methyl sites for hydroxylation is 1. The Morgan fingerprint density at radius 3 is 2.33 bits per heavy atom. The lowest BCUT2D eigenvalue weighted by Gasteiger charge is -2.23. The van der Waals surface area contributed by atoms with E-state index in [9.17, 15) is 13.2 Å². The van der Waals surface area contributed by atoms with E-state index in [0.717, 1.165) is 22.2 Å². The van der Waals surface area contributed by atoms with E-state index in [1.807, 2.05) is 30.3 Å². The highest BCUT2D eigenvalue weighted by Gasteiger charge is 2.26. The monoisotopic (exact) mass is 556 g/mol. The summed E-state index contributed by atoms with van der Waals surface area (Å²) in [5.41, 5.74) is 3.86. The van der Waals surface area contributed by atoms with Crippen molar-refractivity contribution >= 4 is 48.3 Å². The van der Waals surface area contributed by atoms with Gasteiger partial charge in [-0.25, -0.2) is 13.4 Å². The number of sulfonamides is 1. The van der Waals surface area contributed by atoms with Crippen molar-refractivity contribution < 1.29 is 13.2 Å². The van der Waals surface area contributed by atoms with Gasteiger partial charge in [-0.05, 0) is 79.1 Å². The van der Waals surface area contributed by atoms with Crippen LogP contribution in [-0.4, -0.2) is 30.8 Å². The van der Waals surface area contributed by atoms with Gasteiger partial charge in [0.05, 0.1) is 27.3 Å². The minimum absolute atomic E-state index is 0.121. The first-order valence-electron chi connectivity index (χ1n) is 12.7. The number of rotatable bonds is 9. The Labute approximate surface area is 232 Å². The molecule has 0 unspecified atom stereocenters. The lowest BCUT2D eigenvalue weighted by atomic mass is 10.2. The third kappa shape index (κ3) is 5.55. The molecule has 1 amide bonds. The third-order valence-electron chi connectivity index (χ3n) is 6.41. The molecule has 0 aliphatic carbocycles. The molecule has 0 radical (unpaired) electrons. The van der Waals surface area contributed by atoms with E-state index in [4.69, 9.17) is 4.98 Å². The van der Waals surface area contributed by atoms with E-state index in [2.05, 4.69) is 18.0 Å². The summed E-state index contributed by atoms with van der Waals surface area (Å²) in [5, 5.41) is 0.574. The van der Waals surface area contributed by atoms with Gasteiger partial charge >= 0.3 is 0 Å². The van der Waals surface area contributed by atoms with Gasteiger partial charge in [-0.2, -0.15) is 0 Å². The van der Waals surface area contributed by atoms with Crippen molar-refractivity contribution in [2.75, 3.05) is 15.7 Å².